The number of thioether (sulfide) groups is 1. The van der Waals surface area contributed by atoms with Crippen LogP contribution < -0.4 is 10.6 Å². The second kappa shape index (κ2) is 12.5. The van der Waals surface area contributed by atoms with Gasteiger partial charge in [0.2, 0.25) is 0 Å². The first-order valence-corrected chi connectivity index (χ1v) is 8.73. The zero-order chi connectivity index (χ0) is 14.8. The number of nitrogens with one attached hydrogen (secondary N) is 2. The van der Waals surface area contributed by atoms with Crippen LogP contribution in [0.1, 0.15) is 12.0 Å². The van der Waals surface area contributed by atoms with Crippen molar-refractivity contribution >= 4 is 57.6 Å². The first-order valence-electron chi connectivity index (χ1n) is 6.54. The maximum atomic E-state index is 13.6. The minimum absolute atomic E-state index is 0. The molecule has 7 heteroatoms. The summed E-state index contributed by atoms with van der Waals surface area (Å²) >= 11 is 5.05. The Morgan fingerprint density at radius 1 is 1.33 bits per heavy atom. The highest BCUT2D eigenvalue weighted by Gasteiger charge is 2.03. The van der Waals surface area contributed by atoms with E-state index >= 15 is 0 Å². The number of hydrogen-bond donors (Lipinski definition) is 2. The van der Waals surface area contributed by atoms with Gasteiger partial charge in [0.05, 0.1) is 0 Å². The molecule has 0 spiro atoms. The Hall–Kier alpha value is -0.0200. The number of nitrogens with zero attached hydrogens (tertiary/aromatic N) is 1. The number of guanidine groups is 1. The summed E-state index contributed by atoms with van der Waals surface area (Å²) in [5.41, 5.74) is 0.750. The molecule has 1 aromatic carbocycles. The fraction of sp³-hybridized carbons (Fsp3) is 0.500. The van der Waals surface area contributed by atoms with Crippen molar-refractivity contribution in [2.75, 3.05) is 32.1 Å². The highest BCUT2D eigenvalue weighted by atomic mass is 127. The van der Waals surface area contributed by atoms with Crippen LogP contribution in [0.15, 0.2) is 27.7 Å². The zero-order valence-electron chi connectivity index (χ0n) is 12.3. The number of hydrogen-bond acceptors (Lipinski definition) is 2. The largest absolute Gasteiger partial charge is 0.356 e. The Kier molecular flexibility index (Phi) is 12.5. The van der Waals surface area contributed by atoms with E-state index in [2.05, 4.69) is 37.8 Å². The van der Waals surface area contributed by atoms with Gasteiger partial charge in [-0.15, -0.1) is 24.0 Å². The van der Waals surface area contributed by atoms with E-state index in [1.165, 1.54) is 6.07 Å². The van der Waals surface area contributed by atoms with Crippen LogP contribution in [0.3, 0.4) is 0 Å². The predicted octanol–water partition coefficient (Wildman–Crippen LogP) is 3.67. The van der Waals surface area contributed by atoms with Gasteiger partial charge < -0.3 is 10.6 Å². The molecule has 0 fully saturated rings. The van der Waals surface area contributed by atoms with E-state index in [9.17, 15) is 4.39 Å². The molecule has 120 valence electrons. The number of aliphatic imine (C=N–C) groups is 1. The molecule has 0 aliphatic rings. The minimum atomic E-state index is -0.151. The van der Waals surface area contributed by atoms with Crippen LogP contribution in [0.2, 0.25) is 0 Å². The average Bonchev–Trinajstić information content (AvgIpc) is 2.43. The van der Waals surface area contributed by atoms with E-state index in [1.807, 2.05) is 12.1 Å². The quantitative estimate of drug-likeness (QED) is 0.265. The lowest BCUT2D eigenvalue weighted by molar-refractivity contribution is 0.602. The molecule has 0 aliphatic heterocycles. The summed E-state index contributed by atoms with van der Waals surface area (Å²) in [6.07, 6.45) is 3.65. The Bertz CT molecular complexity index is 446. The van der Waals surface area contributed by atoms with Gasteiger partial charge in [0.15, 0.2) is 5.96 Å². The summed E-state index contributed by atoms with van der Waals surface area (Å²) in [6.45, 7) is 1.66. The zero-order valence-corrected chi connectivity index (χ0v) is 17.0. The third kappa shape index (κ3) is 8.87. The smallest absolute Gasteiger partial charge is 0.191 e. The molecule has 3 nitrogen and oxygen atoms in total. The summed E-state index contributed by atoms with van der Waals surface area (Å²) in [5, 5.41) is 6.45. The molecule has 0 radical (unpaired) electrons. The second-order valence-electron chi connectivity index (χ2n) is 4.26. The summed E-state index contributed by atoms with van der Waals surface area (Å²) in [6, 6.07) is 5.20. The van der Waals surface area contributed by atoms with Crippen LogP contribution in [0.25, 0.3) is 0 Å². The molecule has 0 heterocycles. The first kappa shape index (κ1) is 21.0. The molecule has 0 bridgehead atoms. The highest BCUT2D eigenvalue weighted by molar-refractivity contribution is 14.0. The van der Waals surface area contributed by atoms with Gasteiger partial charge in [0.1, 0.15) is 5.82 Å². The second-order valence-corrected chi connectivity index (χ2v) is 6.16. The van der Waals surface area contributed by atoms with Gasteiger partial charge in [-0.25, -0.2) is 4.39 Å². The number of halogens is 3. The number of benzene rings is 1. The summed E-state index contributed by atoms with van der Waals surface area (Å²) in [7, 11) is 1.75. The maximum Gasteiger partial charge on any atom is 0.191 e. The van der Waals surface area contributed by atoms with E-state index in [1.54, 1.807) is 18.8 Å². The third-order valence-corrected chi connectivity index (χ3v) is 3.86. The highest BCUT2D eigenvalue weighted by Crippen LogP contribution is 2.16. The molecule has 21 heavy (non-hydrogen) atoms. The van der Waals surface area contributed by atoms with E-state index in [0.717, 1.165) is 41.3 Å². The molecule has 0 unspecified atom stereocenters. The topological polar surface area (TPSA) is 36.4 Å². The lowest BCUT2D eigenvalue weighted by Gasteiger charge is -2.11. The number of rotatable bonds is 7. The molecule has 1 rings (SSSR count). The average molecular weight is 490 g/mol. The summed E-state index contributed by atoms with van der Waals surface area (Å²) < 4.78 is 14.4. The van der Waals surface area contributed by atoms with Gasteiger partial charge in [0, 0.05) is 30.4 Å². The molecule has 0 atom stereocenters. The van der Waals surface area contributed by atoms with Crippen LogP contribution in [-0.4, -0.2) is 38.1 Å². The Balaban J connectivity index is 0.00000400. The predicted molar refractivity (Wildman–Crippen MR) is 106 cm³/mol. The third-order valence-electron chi connectivity index (χ3n) is 2.75. The fourth-order valence-electron chi connectivity index (χ4n) is 1.70. The van der Waals surface area contributed by atoms with Crippen LogP contribution in [0, 0.1) is 5.82 Å². The van der Waals surface area contributed by atoms with E-state index in [4.69, 9.17) is 0 Å². The summed E-state index contributed by atoms with van der Waals surface area (Å²) in [4.78, 5) is 4.14. The van der Waals surface area contributed by atoms with Crippen molar-refractivity contribution in [3.8, 4) is 0 Å². The van der Waals surface area contributed by atoms with Crippen molar-refractivity contribution in [2.45, 2.75) is 12.8 Å². The Labute approximate surface area is 156 Å². The van der Waals surface area contributed by atoms with Gasteiger partial charge in [-0.05, 0) is 36.8 Å². The van der Waals surface area contributed by atoms with Gasteiger partial charge in [-0.3, -0.25) is 4.99 Å². The van der Waals surface area contributed by atoms with Gasteiger partial charge >= 0.3 is 0 Å². The van der Waals surface area contributed by atoms with E-state index in [-0.39, 0.29) is 29.8 Å². The SMILES string of the molecule is CN=C(NCCCc1ccc(Br)cc1F)NCCSC.I. The van der Waals surface area contributed by atoms with Crippen molar-refractivity contribution in [1.82, 2.24) is 10.6 Å². The Morgan fingerprint density at radius 2 is 2.05 bits per heavy atom. The molecule has 1 aromatic rings. The van der Waals surface area contributed by atoms with E-state index in [0.29, 0.717) is 6.42 Å². The van der Waals surface area contributed by atoms with Crippen LogP contribution in [-0.2, 0) is 6.42 Å². The first-order chi connectivity index (χ1) is 9.67. The molecule has 0 aliphatic carbocycles. The Morgan fingerprint density at radius 3 is 2.67 bits per heavy atom. The lowest BCUT2D eigenvalue weighted by Crippen LogP contribution is -2.38. The normalized spacial score (nSPS) is 11.0. The van der Waals surface area contributed by atoms with Crippen molar-refractivity contribution in [3.05, 3.63) is 34.1 Å². The maximum absolute atomic E-state index is 13.6. The molecular formula is C14H22BrFIN3S. The monoisotopic (exact) mass is 489 g/mol. The van der Waals surface area contributed by atoms with Gasteiger partial charge in [0.25, 0.3) is 0 Å². The van der Waals surface area contributed by atoms with Crippen molar-refractivity contribution in [3.63, 3.8) is 0 Å². The van der Waals surface area contributed by atoms with Crippen LogP contribution in [0.5, 0.6) is 0 Å². The molecule has 0 amide bonds. The molecule has 2 N–H and O–H groups in total. The lowest BCUT2D eigenvalue weighted by atomic mass is 10.1. The molecule has 0 aromatic heterocycles. The van der Waals surface area contributed by atoms with Crippen LogP contribution in [0.4, 0.5) is 4.39 Å². The molecular weight excluding hydrogens is 468 g/mol. The summed E-state index contributed by atoms with van der Waals surface area (Å²) in [5.74, 6) is 1.70. The fourth-order valence-corrected chi connectivity index (χ4v) is 2.34. The van der Waals surface area contributed by atoms with E-state index < -0.39 is 0 Å². The van der Waals surface area contributed by atoms with Crippen molar-refractivity contribution < 1.29 is 4.39 Å². The van der Waals surface area contributed by atoms with Crippen molar-refractivity contribution in [1.29, 1.82) is 0 Å². The standard InChI is InChI=1S/C14H21BrFN3S.HI/c1-17-14(19-8-9-20-2)18-7-3-4-11-5-6-12(15)10-13(11)16;/h5-6,10H,3-4,7-9H2,1-2H3,(H2,17,18,19);1H. The minimum Gasteiger partial charge on any atom is -0.356 e. The van der Waals surface area contributed by atoms with Gasteiger partial charge in [-0.2, -0.15) is 11.8 Å². The molecule has 0 saturated heterocycles. The molecule has 0 saturated carbocycles. The number of aryl methyl sites for hydroxylation is 1. The van der Waals surface area contributed by atoms with Crippen LogP contribution >= 0.6 is 51.7 Å². The van der Waals surface area contributed by atoms with Gasteiger partial charge in [-0.1, -0.05) is 22.0 Å². The van der Waals surface area contributed by atoms with Crippen molar-refractivity contribution in [2.24, 2.45) is 4.99 Å².